The van der Waals surface area contributed by atoms with Crippen molar-refractivity contribution in [2.45, 2.75) is 12.5 Å². The van der Waals surface area contributed by atoms with Gasteiger partial charge in [0.2, 0.25) is 0 Å². The highest BCUT2D eigenvalue weighted by molar-refractivity contribution is 5.80. The zero-order valence-electron chi connectivity index (χ0n) is 6.27. The van der Waals surface area contributed by atoms with E-state index in [2.05, 4.69) is 4.74 Å². The Hall–Kier alpha value is -1.14. The molecule has 0 bridgehead atoms. The maximum absolute atomic E-state index is 10.6. The molecular formula is C6H10O6. The number of carboxylic acids is 1. The third-order valence-corrected chi connectivity index (χ3v) is 0.999. The van der Waals surface area contributed by atoms with Crippen LogP contribution in [0.25, 0.3) is 0 Å². The normalized spacial score (nSPS) is 12.2. The van der Waals surface area contributed by atoms with Gasteiger partial charge >= 0.3 is 11.9 Å². The van der Waals surface area contributed by atoms with E-state index >= 15 is 0 Å². The van der Waals surface area contributed by atoms with Crippen molar-refractivity contribution in [3.05, 3.63) is 0 Å². The van der Waals surface area contributed by atoms with E-state index in [1.165, 1.54) is 0 Å². The Labute approximate surface area is 68.4 Å². The fourth-order valence-electron chi connectivity index (χ4n) is 0.464. The summed E-state index contributed by atoms with van der Waals surface area (Å²) in [4.78, 5) is 20.6. The minimum atomic E-state index is -1.74. The Morgan fingerprint density at radius 1 is 1.42 bits per heavy atom. The molecule has 0 aromatic rings. The molecule has 0 spiro atoms. The fourth-order valence-corrected chi connectivity index (χ4v) is 0.464. The molecule has 1 atom stereocenters. The lowest BCUT2D eigenvalue weighted by Gasteiger charge is -2.04. The molecule has 0 unspecified atom stereocenters. The Morgan fingerprint density at radius 2 is 2.00 bits per heavy atom. The molecule has 0 aliphatic rings. The summed E-state index contributed by atoms with van der Waals surface area (Å²) >= 11 is 0. The molecule has 0 aliphatic heterocycles. The highest BCUT2D eigenvalue weighted by Crippen LogP contribution is 1.94. The second-order valence-electron chi connectivity index (χ2n) is 2.00. The number of ether oxygens (including phenoxy) is 1. The van der Waals surface area contributed by atoms with E-state index in [9.17, 15) is 9.59 Å². The SMILES string of the molecule is O=C(C[C@@H](O)C(=O)O)OCCO. The molecule has 0 aliphatic carbocycles. The van der Waals surface area contributed by atoms with Crippen molar-refractivity contribution >= 4 is 11.9 Å². The van der Waals surface area contributed by atoms with Crippen molar-refractivity contribution in [1.29, 1.82) is 0 Å². The Bertz CT molecular complexity index is 165. The van der Waals surface area contributed by atoms with E-state index in [1.807, 2.05) is 0 Å². The largest absolute Gasteiger partial charge is 0.479 e. The van der Waals surface area contributed by atoms with Crippen LogP contribution in [-0.4, -0.2) is 46.6 Å². The second-order valence-corrected chi connectivity index (χ2v) is 2.00. The highest BCUT2D eigenvalue weighted by atomic mass is 16.5. The molecule has 0 radical (unpaired) electrons. The summed E-state index contributed by atoms with van der Waals surface area (Å²) in [5.74, 6) is -2.32. The number of carbonyl (C=O) groups is 2. The van der Waals surface area contributed by atoms with Gasteiger partial charge < -0.3 is 20.1 Å². The van der Waals surface area contributed by atoms with Crippen molar-refractivity contribution in [2.24, 2.45) is 0 Å². The monoisotopic (exact) mass is 178 g/mol. The number of aliphatic carboxylic acids is 1. The summed E-state index contributed by atoms with van der Waals surface area (Å²) in [6.45, 7) is -0.514. The van der Waals surface area contributed by atoms with Gasteiger partial charge in [-0.05, 0) is 0 Å². The zero-order valence-corrected chi connectivity index (χ0v) is 6.27. The van der Waals surface area contributed by atoms with Gasteiger partial charge in [-0.2, -0.15) is 0 Å². The van der Waals surface area contributed by atoms with Crippen LogP contribution in [0.2, 0.25) is 0 Å². The maximum atomic E-state index is 10.6. The molecule has 0 heterocycles. The summed E-state index contributed by atoms with van der Waals surface area (Å²) in [5, 5.41) is 25.0. The smallest absolute Gasteiger partial charge is 0.333 e. The van der Waals surface area contributed by atoms with Crippen LogP contribution in [0, 0.1) is 0 Å². The fraction of sp³-hybridized carbons (Fsp3) is 0.667. The Morgan fingerprint density at radius 3 is 2.42 bits per heavy atom. The highest BCUT2D eigenvalue weighted by Gasteiger charge is 2.18. The van der Waals surface area contributed by atoms with Crippen LogP contribution in [0.15, 0.2) is 0 Å². The molecule has 70 valence electrons. The van der Waals surface area contributed by atoms with Gasteiger partial charge in [0.15, 0.2) is 6.10 Å². The van der Waals surface area contributed by atoms with E-state index in [0.717, 1.165) is 0 Å². The number of hydrogen-bond donors (Lipinski definition) is 3. The van der Waals surface area contributed by atoms with E-state index < -0.39 is 24.5 Å². The lowest BCUT2D eigenvalue weighted by atomic mass is 10.2. The molecule has 3 N–H and O–H groups in total. The molecule has 0 fully saturated rings. The standard InChI is InChI=1S/C6H10O6/c7-1-2-12-5(9)3-4(8)6(10)11/h4,7-8H,1-3H2,(H,10,11)/t4-/m1/s1. The van der Waals surface area contributed by atoms with E-state index in [4.69, 9.17) is 15.3 Å². The van der Waals surface area contributed by atoms with Crippen molar-refractivity contribution < 1.29 is 29.6 Å². The zero-order chi connectivity index (χ0) is 9.56. The molecule has 6 nitrogen and oxygen atoms in total. The first-order valence-corrected chi connectivity index (χ1v) is 3.25. The average Bonchev–Trinajstić information content (AvgIpc) is 2.00. The summed E-state index contributed by atoms with van der Waals surface area (Å²) in [7, 11) is 0. The topological polar surface area (TPSA) is 104 Å². The minimum absolute atomic E-state index is 0.189. The molecule has 0 rings (SSSR count). The molecule has 0 amide bonds. The van der Waals surface area contributed by atoms with Crippen LogP contribution >= 0.6 is 0 Å². The van der Waals surface area contributed by atoms with Crippen LogP contribution in [0.4, 0.5) is 0 Å². The van der Waals surface area contributed by atoms with Crippen molar-refractivity contribution in [1.82, 2.24) is 0 Å². The number of carboxylic acid groups (broad SMARTS) is 1. The average molecular weight is 178 g/mol. The number of aliphatic hydroxyl groups is 2. The van der Waals surface area contributed by atoms with Crippen LogP contribution in [-0.2, 0) is 14.3 Å². The number of aliphatic hydroxyl groups excluding tert-OH is 2. The van der Waals surface area contributed by atoms with E-state index in [-0.39, 0.29) is 13.2 Å². The molecule has 6 heteroatoms. The summed E-state index contributed by atoms with van der Waals surface area (Å²) in [6, 6.07) is 0. The van der Waals surface area contributed by atoms with Gasteiger partial charge in [0.25, 0.3) is 0 Å². The molecule has 12 heavy (non-hydrogen) atoms. The Balaban J connectivity index is 3.61. The third kappa shape index (κ3) is 4.64. The van der Waals surface area contributed by atoms with Crippen LogP contribution in [0.5, 0.6) is 0 Å². The third-order valence-electron chi connectivity index (χ3n) is 0.999. The minimum Gasteiger partial charge on any atom is -0.479 e. The lowest BCUT2D eigenvalue weighted by Crippen LogP contribution is -2.24. The van der Waals surface area contributed by atoms with Gasteiger partial charge in [0, 0.05) is 0 Å². The number of esters is 1. The van der Waals surface area contributed by atoms with Gasteiger partial charge in [0.05, 0.1) is 13.0 Å². The van der Waals surface area contributed by atoms with Crippen molar-refractivity contribution in [3.8, 4) is 0 Å². The van der Waals surface area contributed by atoms with Crippen LogP contribution in [0.1, 0.15) is 6.42 Å². The number of hydrogen-bond acceptors (Lipinski definition) is 5. The van der Waals surface area contributed by atoms with Gasteiger partial charge in [-0.15, -0.1) is 0 Å². The Kier molecular flexibility index (Phi) is 4.98. The van der Waals surface area contributed by atoms with Crippen molar-refractivity contribution in [2.75, 3.05) is 13.2 Å². The van der Waals surface area contributed by atoms with Crippen LogP contribution in [0.3, 0.4) is 0 Å². The van der Waals surface area contributed by atoms with Gasteiger partial charge in [-0.1, -0.05) is 0 Å². The van der Waals surface area contributed by atoms with Gasteiger partial charge in [-0.25, -0.2) is 4.79 Å². The maximum Gasteiger partial charge on any atom is 0.333 e. The molecule has 0 saturated carbocycles. The predicted molar refractivity (Wildman–Crippen MR) is 36.3 cm³/mol. The van der Waals surface area contributed by atoms with Crippen LogP contribution < -0.4 is 0 Å². The summed E-state index contributed by atoms with van der Waals surface area (Å²) < 4.78 is 4.30. The molecule has 0 saturated heterocycles. The first-order valence-electron chi connectivity index (χ1n) is 3.25. The predicted octanol–water partition coefficient (Wildman–Crippen LogP) is -1.64. The number of rotatable bonds is 5. The molecular weight excluding hydrogens is 168 g/mol. The lowest BCUT2D eigenvalue weighted by molar-refractivity contribution is -0.156. The molecule has 0 aromatic carbocycles. The van der Waals surface area contributed by atoms with E-state index in [1.54, 1.807) is 0 Å². The quantitative estimate of drug-likeness (QED) is 0.436. The first-order chi connectivity index (χ1) is 5.57. The van der Waals surface area contributed by atoms with Gasteiger partial charge in [-0.3, -0.25) is 4.79 Å². The first kappa shape index (κ1) is 10.9. The van der Waals surface area contributed by atoms with Gasteiger partial charge in [0.1, 0.15) is 6.61 Å². The molecule has 0 aromatic heterocycles. The second kappa shape index (κ2) is 5.50. The summed E-state index contributed by atoms with van der Waals surface area (Å²) in [6.07, 6.45) is -2.34. The number of carbonyl (C=O) groups excluding carboxylic acids is 1. The van der Waals surface area contributed by atoms with E-state index in [0.29, 0.717) is 0 Å². The summed E-state index contributed by atoms with van der Waals surface area (Å²) in [5.41, 5.74) is 0. The van der Waals surface area contributed by atoms with Crippen molar-refractivity contribution in [3.63, 3.8) is 0 Å².